The summed E-state index contributed by atoms with van der Waals surface area (Å²) in [7, 11) is 0. The molecule has 0 heterocycles. The molecule has 0 spiro atoms. The molecule has 0 bridgehead atoms. The lowest BCUT2D eigenvalue weighted by molar-refractivity contribution is -0.279. The Labute approximate surface area is 104 Å². The molecule has 5 heteroatoms. The van der Waals surface area contributed by atoms with Gasteiger partial charge in [0.05, 0.1) is 13.2 Å². The lowest BCUT2D eigenvalue weighted by Gasteiger charge is -2.32. The van der Waals surface area contributed by atoms with Gasteiger partial charge in [-0.15, -0.1) is 0 Å². The van der Waals surface area contributed by atoms with Crippen LogP contribution in [0.25, 0.3) is 6.08 Å². The number of hydrogen-bond donors (Lipinski definition) is 1. The Hall–Kier alpha value is -1.33. The van der Waals surface area contributed by atoms with Gasteiger partial charge in [0, 0.05) is 0 Å². The van der Waals surface area contributed by atoms with Crippen LogP contribution in [0.1, 0.15) is 18.1 Å². The highest BCUT2D eigenvalue weighted by Gasteiger charge is 2.53. The van der Waals surface area contributed by atoms with Gasteiger partial charge in [0.1, 0.15) is 0 Å². The molecule has 0 fully saturated rings. The van der Waals surface area contributed by atoms with E-state index in [-0.39, 0.29) is 12.2 Å². The molecule has 1 atom stereocenters. The fourth-order valence-electron chi connectivity index (χ4n) is 1.52. The van der Waals surface area contributed by atoms with Crippen LogP contribution >= 0.6 is 0 Å². The molecular formula is C13H15F3O2. The lowest BCUT2D eigenvalue weighted by Crippen LogP contribution is -2.42. The maximum absolute atomic E-state index is 13.1. The first-order valence-corrected chi connectivity index (χ1v) is 5.39. The van der Waals surface area contributed by atoms with E-state index >= 15 is 0 Å². The van der Waals surface area contributed by atoms with E-state index in [0.717, 1.165) is 12.5 Å². The molecule has 1 N–H and O–H groups in total. The third-order valence-corrected chi connectivity index (χ3v) is 2.72. The van der Waals surface area contributed by atoms with Crippen molar-refractivity contribution < 1.29 is 23.0 Å². The zero-order valence-electron chi connectivity index (χ0n) is 10.00. The minimum Gasteiger partial charge on any atom is -0.394 e. The molecular weight excluding hydrogens is 245 g/mol. The first-order valence-electron chi connectivity index (χ1n) is 5.39. The van der Waals surface area contributed by atoms with E-state index in [9.17, 15) is 13.2 Å². The van der Waals surface area contributed by atoms with Crippen molar-refractivity contribution in [2.45, 2.75) is 18.7 Å². The molecule has 0 aliphatic rings. The number of aliphatic hydroxyl groups is 1. The summed E-state index contributed by atoms with van der Waals surface area (Å²) in [6.07, 6.45) is -3.01. The Bertz CT molecular complexity index is 398. The summed E-state index contributed by atoms with van der Waals surface area (Å²) < 4.78 is 44.0. The maximum Gasteiger partial charge on any atom is 0.421 e. The Balaban J connectivity index is 3.12. The highest BCUT2D eigenvalue weighted by atomic mass is 19.4. The van der Waals surface area contributed by atoms with Crippen molar-refractivity contribution in [3.8, 4) is 0 Å². The molecule has 1 rings (SSSR count). The second-order valence-electron chi connectivity index (χ2n) is 3.93. The van der Waals surface area contributed by atoms with Crippen molar-refractivity contribution in [3.63, 3.8) is 0 Å². The summed E-state index contributed by atoms with van der Waals surface area (Å²) in [5, 5.41) is 8.62. The minimum absolute atomic E-state index is 0.00551. The summed E-state index contributed by atoms with van der Waals surface area (Å²) in [6, 6.07) is 5.77. The molecule has 1 aromatic carbocycles. The van der Waals surface area contributed by atoms with Crippen LogP contribution in [0, 0.1) is 0 Å². The number of aliphatic hydroxyl groups excluding tert-OH is 1. The SMILES string of the molecule is C=Cc1ccc(C(C)(OCCO)C(F)(F)F)cc1. The van der Waals surface area contributed by atoms with E-state index in [1.807, 2.05) is 0 Å². The highest BCUT2D eigenvalue weighted by molar-refractivity contribution is 5.47. The van der Waals surface area contributed by atoms with Crippen LogP contribution in [0.4, 0.5) is 13.2 Å². The normalized spacial score (nSPS) is 15.2. The van der Waals surface area contributed by atoms with Crippen LogP contribution in [-0.2, 0) is 10.3 Å². The Morgan fingerprint density at radius 3 is 2.22 bits per heavy atom. The molecule has 0 aliphatic carbocycles. The lowest BCUT2D eigenvalue weighted by atomic mass is 9.94. The maximum atomic E-state index is 13.1. The predicted molar refractivity (Wildman–Crippen MR) is 63.0 cm³/mol. The molecule has 2 nitrogen and oxygen atoms in total. The number of rotatable bonds is 5. The van der Waals surface area contributed by atoms with Gasteiger partial charge in [0.15, 0.2) is 5.60 Å². The molecule has 0 saturated heterocycles. The molecule has 1 unspecified atom stereocenters. The molecule has 0 aliphatic heterocycles. The zero-order valence-corrected chi connectivity index (χ0v) is 10.00. The smallest absolute Gasteiger partial charge is 0.394 e. The number of hydrogen-bond acceptors (Lipinski definition) is 2. The molecule has 100 valence electrons. The molecule has 0 radical (unpaired) electrons. The van der Waals surface area contributed by atoms with Crippen molar-refractivity contribution in [2.75, 3.05) is 13.2 Å². The fourth-order valence-corrected chi connectivity index (χ4v) is 1.52. The van der Waals surface area contributed by atoms with Crippen LogP contribution in [0.5, 0.6) is 0 Å². The summed E-state index contributed by atoms with van der Waals surface area (Å²) in [5.74, 6) is 0. The van der Waals surface area contributed by atoms with Crippen molar-refractivity contribution >= 4 is 6.08 Å². The van der Waals surface area contributed by atoms with Gasteiger partial charge in [-0.3, -0.25) is 0 Å². The van der Waals surface area contributed by atoms with E-state index < -0.39 is 18.4 Å². The number of alkyl halides is 3. The minimum atomic E-state index is -4.56. The Kier molecular flexibility index (Phi) is 4.53. The topological polar surface area (TPSA) is 29.5 Å². The number of halogens is 3. The van der Waals surface area contributed by atoms with Crippen molar-refractivity contribution in [1.29, 1.82) is 0 Å². The second-order valence-corrected chi connectivity index (χ2v) is 3.93. The summed E-state index contributed by atoms with van der Waals surface area (Å²) in [5.41, 5.74) is -1.70. The van der Waals surface area contributed by atoms with Crippen LogP contribution in [0.15, 0.2) is 30.8 Å². The van der Waals surface area contributed by atoms with Crippen LogP contribution in [0.3, 0.4) is 0 Å². The average molecular weight is 260 g/mol. The molecule has 0 saturated carbocycles. The van der Waals surface area contributed by atoms with Gasteiger partial charge in [-0.25, -0.2) is 0 Å². The van der Waals surface area contributed by atoms with E-state index in [0.29, 0.717) is 0 Å². The largest absolute Gasteiger partial charge is 0.421 e. The van der Waals surface area contributed by atoms with Gasteiger partial charge in [-0.1, -0.05) is 36.9 Å². The van der Waals surface area contributed by atoms with Crippen molar-refractivity contribution in [3.05, 3.63) is 42.0 Å². The van der Waals surface area contributed by atoms with Crippen LogP contribution in [0.2, 0.25) is 0 Å². The quantitative estimate of drug-likeness (QED) is 0.881. The third-order valence-electron chi connectivity index (χ3n) is 2.72. The van der Waals surface area contributed by atoms with Gasteiger partial charge in [0.25, 0.3) is 0 Å². The van der Waals surface area contributed by atoms with Crippen molar-refractivity contribution in [1.82, 2.24) is 0 Å². The first kappa shape index (κ1) is 14.7. The van der Waals surface area contributed by atoms with E-state index in [1.54, 1.807) is 6.08 Å². The van der Waals surface area contributed by atoms with Crippen molar-refractivity contribution in [2.24, 2.45) is 0 Å². The van der Waals surface area contributed by atoms with E-state index in [2.05, 4.69) is 6.58 Å². The Morgan fingerprint density at radius 2 is 1.83 bits per heavy atom. The second kappa shape index (κ2) is 5.54. The summed E-state index contributed by atoms with van der Waals surface area (Å²) >= 11 is 0. The first-order chi connectivity index (χ1) is 8.35. The monoisotopic (exact) mass is 260 g/mol. The number of ether oxygens (including phenoxy) is 1. The van der Waals surface area contributed by atoms with Gasteiger partial charge >= 0.3 is 6.18 Å². The summed E-state index contributed by atoms with van der Waals surface area (Å²) in [6.45, 7) is 3.65. The third kappa shape index (κ3) is 2.91. The van der Waals surface area contributed by atoms with E-state index in [4.69, 9.17) is 9.84 Å². The highest BCUT2D eigenvalue weighted by Crippen LogP contribution is 2.41. The van der Waals surface area contributed by atoms with Gasteiger partial charge in [0.2, 0.25) is 0 Å². The van der Waals surface area contributed by atoms with Gasteiger partial charge < -0.3 is 9.84 Å². The summed E-state index contributed by atoms with van der Waals surface area (Å²) in [4.78, 5) is 0. The van der Waals surface area contributed by atoms with Crippen LogP contribution in [-0.4, -0.2) is 24.5 Å². The van der Waals surface area contributed by atoms with Gasteiger partial charge in [-0.05, 0) is 18.1 Å². The number of benzene rings is 1. The molecule has 0 amide bonds. The van der Waals surface area contributed by atoms with Gasteiger partial charge in [-0.2, -0.15) is 13.2 Å². The van der Waals surface area contributed by atoms with E-state index in [1.165, 1.54) is 24.3 Å². The zero-order chi connectivity index (χ0) is 13.8. The standard InChI is InChI=1S/C13H15F3O2/c1-3-10-4-6-11(7-5-10)12(2,13(14,15)16)18-9-8-17/h3-7,17H,1,8-9H2,2H3. The molecule has 18 heavy (non-hydrogen) atoms. The molecule has 0 aromatic heterocycles. The molecule has 1 aromatic rings. The fraction of sp³-hybridized carbons (Fsp3) is 0.385. The average Bonchev–Trinajstić information content (AvgIpc) is 2.34. The van der Waals surface area contributed by atoms with Crippen LogP contribution < -0.4 is 0 Å². The predicted octanol–water partition coefficient (Wildman–Crippen LogP) is 3.12. The Morgan fingerprint density at radius 1 is 1.28 bits per heavy atom.